The molecule has 0 unspecified atom stereocenters. The lowest BCUT2D eigenvalue weighted by Gasteiger charge is -2.35. The SMILES string of the molecule is C[C@@H]1COc2cn3ncc4c3nc2N1Cc1cc(F)cnc1OCCCNC4=O. The number of hydrogen-bond donors (Lipinski definition) is 1. The Morgan fingerprint density at radius 2 is 2.21 bits per heavy atom. The van der Waals surface area contributed by atoms with Gasteiger partial charge in [-0.25, -0.2) is 18.9 Å². The maximum atomic E-state index is 13.9. The van der Waals surface area contributed by atoms with Gasteiger partial charge >= 0.3 is 0 Å². The number of nitrogens with zero attached hydrogens (tertiary/aromatic N) is 5. The molecule has 29 heavy (non-hydrogen) atoms. The Morgan fingerprint density at radius 1 is 1.31 bits per heavy atom. The van der Waals surface area contributed by atoms with Crippen molar-refractivity contribution in [1.82, 2.24) is 24.9 Å². The molecule has 1 amide bonds. The van der Waals surface area contributed by atoms with E-state index in [1.165, 1.54) is 16.8 Å². The molecular weight excluding hydrogens is 379 g/mol. The van der Waals surface area contributed by atoms with Crippen LogP contribution in [0.2, 0.25) is 0 Å². The summed E-state index contributed by atoms with van der Waals surface area (Å²) in [5.74, 6) is 0.814. The molecule has 1 atom stereocenters. The maximum Gasteiger partial charge on any atom is 0.256 e. The molecule has 0 aliphatic carbocycles. The molecule has 0 saturated heterocycles. The Balaban J connectivity index is 1.67. The molecular formula is C19H19FN6O3. The first-order valence-electron chi connectivity index (χ1n) is 9.43. The predicted octanol–water partition coefficient (Wildman–Crippen LogP) is 1.56. The zero-order valence-electron chi connectivity index (χ0n) is 15.8. The lowest BCUT2D eigenvalue weighted by atomic mass is 10.2. The molecule has 0 fully saturated rings. The molecule has 3 aromatic heterocycles. The van der Waals surface area contributed by atoms with E-state index in [2.05, 4.69) is 20.4 Å². The van der Waals surface area contributed by atoms with Crippen molar-refractivity contribution >= 4 is 17.4 Å². The fraction of sp³-hybridized carbons (Fsp3) is 0.368. The molecule has 0 spiro atoms. The minimum Gasteiger partial charge on any atom is -0.486 e. The number of carbonyl (C=O) groups excluding carboxylic acids is 1. The Hall–Kier alpha value is -3.43. The molecule has 0 aromatic carbocycles. The van der Waals surface area contributed by atoms with Crippen LogP contribution >= 0.6 is 0 Å². The van der Waals surface area contributed by atoms with Crippen molar-refractivity contribution in [3.8, 4) is 11.6 Å². The van der Waals surface area contributed by atoms with Crippen molar-refractivity contribution < 1.29 is 18.7 Å². The highest BCUT2D eigenvalue weighted by atomic mass is 19.1. The van der Waals surface area contributed by atoms with E-state index in [9.17, 15) is 9.18 Å². The van der Waals surface area contributed by atoms with E-state index in [0.29, 0.717) is 66.9 Å². The third-order valence-electron chi connectivity index (χ3n) is 5.05. The van der Waals surface area contributed by atoms with E-state index < -0.39 is 5.82 Å². The first-order chi connectivity index (χ1) is 14.1. The number of anilines is 1. The van der Waals surface area contributed by atoms with E-state index in [4.69, 9.17) is 9.47 Å². The number of ether oxygens (including phenoxy) is 2. The van der Waals surface area contributed by atoms with Crippen molar-refractivity contribution in [1.29, 1.82) is 0 Å². The van der Waals surface area contributed by atoms with Crippen LogP contribution in [-0.2, 0) is 6.54 Å². The average Bonchev–Trinajstić information content (AvgIpc) is 3.12. The van der Waals surface area contributed by atoms with Gasteiger partial charge in [-0.2, -0.15) is 5.10 Å². The summed E-state index contributed by atoms with van der Waals surface area (Å²) in [7, 11) is 0. The largest absolute Gasteiger partial charge is 0.486 e. The maximum absolute atomic E-state index is 13.9. The number of carbonyl (C=O) groups is 1. The van der Waals surface area contributed by atoms with Gasteiger partial charge in [0, 0.05) is 12.1 Å². The molecule has 2 aliphatic heterocycles. The van der Waals surface area contributed by atoms with Crippen molar-refractivity contribution in [3.05, 3.63) is 41.6 Å². The smallest absolute Gasteiger partial charge is 0.256 e. The third kappa shape index (κ3) is 3.10. The molecule has 5 heterocycles. The van der Waals surface area contributed by atoms with Gasteiger partial charge in [0.15, 0.2) is 17.2 Å². The highest BCUT2D eigenvalue weighted by Gasteiger charge is 2.29. The van der Waals surface area contributed by atoms with Gasteiger partial charge in [-0.15, -0.1) is 0 Å². The van der Waals surface area contributed by atoms with Gasteiger partial charge in [-0.05, 0) is 19.4 Å². The van der Waals surface area contributed by atoms with E-state index >= 15 is 0 Å². The van der Waals surface area contributed by atoms with Gasteiger partial charge in [-0.3, -0.25) is 4.79 Å². The molecule has 9 nitrogen and oxygen atoms in total. The summed E-state index contributed by atoms with van der Waals surface area (Å²) >= 11 is 0. The molecule has 150 valence electrons. The topological polar surface area (TPSA) is 93.9 Å². The van der Waals surface area contributed by atoms with Gasteiger partial charge < -0.3 is 19.7 Å². The van der Waals surface area contributed by atoms with Gasteiger partial charge in [0.05, 0.1) is 37.8 Å². The average molecular weight is 398 g/mol. The van der Waals surface area contributed by atoms with Crippen LogP contribution in [0, 0.1) is 5.82 Å². The fourth-order valence-electron chi connectivity index (χ4n) is 3.53. The van der Waals surface area contributed by atoms with Crippen LogP contribution < -0.4 is 19.7 Å². The number of amides is 1. The first kappa shape index (κ1) is 17.7. The second-order valence-electron chi connectivity index (χ2n) is 7.12. The molecule has 0 radical (unpaired) electrons. The van der Waals surface area contributed by atoms with E-state index in [1.807, 2.05) is 11.8 Å². The van der Waals surface area contributed by atoms with E-state index in [-0.39, 0.29) is 11.9 Å². The lowest BCUT2D eigenvalue weighted by Crippen LogP contribution is -2.41. The number of halogens is 1. The van der Waals surface area contributed by atoms with Crippen LogP contribution in [0.25, 0.3) is 5.65 Å². The quantitative estimate of drug-likeness (QED) is 0.614. The number of hydrogen-bond acceptors (Lipinski definition) is 7. The molecule has 0 saturated carbocycles. The van der Waals surface area contributed by atoms with Crippen LogP contribution in [-0.4, -0.2) is 51.3 Å². The number of rotatable bonds is 0. The second-order valence-corrected chi connectivity index (χ2v) is 7.12. The Kier molecular flexibility index (Phi) is 4.18. The fourth-order valence-corrected chi connectivity index (χ4v) is 3.53. The predicted molar refractivity (Wildman–Crippen MR) is 101 cm³/mol. The normalized spacial score (nSPS) is 19.2. The van der Waals surface area contributed by atoms with E-state index in [1.54, 1.807) is 6.20 Å². The van der Waals surface area contributed by atoms with Crippen molar-refractivity contribution in [3.63, 3.8) is 0 Å². The Morgan fingerprint density at radius 3 is 3.10 bits per heavy atom. The highest BCUT2D eigenvalue weighted by molar-refractivity contribution is 5.99. The molecule has 2 aliphatic rings. The molecule has 1 N–H and O–H groups in total. The Labute approximate surface area is 165 Å². The van der Waals surface area contributed by atoms with Crippen LogP contribution in [0.15, 0.2) is 24.7 Å². The van der Waals surface area contributed by atoms with Crippen molar-refractivity contribution in [2.24, 2.45) is 0 Å². The summed E-state index contributed by atoms with van der Waals surface area (Å²) in [5.41, 5.74) is 1.45. The highest BCUT2D eigenvalue weighted by Crippen LogP contribution is 2.35. The Bertz CT molecular complexity index is 1100. The summed E-state index contributed by atoms with van der Waals surface area (Å²) < 4.78 is 27.1. The van der Waals surface area contributed by atoms with Gasteiger partial charge in [0.25, 0.3) is 5.91 Å². The number of aromatic nitrogens is 4. The summed E-state index contributed by atoms with van der Waals surface area (Å²) in [6, 6.07) is 1.40. The summed E-state index contributed by atoms with van der Waals surface area (Å²) in [6.45, 7) is 3.55. The third-order valence-corrected chi connectivity index (χ3v) is 5.05. The van der Waals surface area contributed by atoms with Crippen LogP contribution in [0.1, 0.15) is 29.3 Å². The zero-order chi connectivity index (χ0) is 20.0. The van der Waals surface area contributed by atoms with Gasteiger partial charge in [0.1, 0.15) is 18.0 Å². The van der Waals surface area contributed by atoms with Crippen molar-refractivity contribution in [2.45, 2.75) is 25.9 Å². The second kappa shape index (κ2) is 6.87. The number of fused-ring (bicyclic) bond motifs is 1. The van der Waals surface area contributed by atoms with E-state index in [0.717, 1.165) is 6.20 Å². The monoisotopic (exact) mass is 398 g/mol. The van der Waals surface area contributed by atoms with Crippen LogP contribution in [0.4, 0.5) is 10.2 Å². The minimum atomic E-state index is -0.427. The minimum absolute atomic E-state index is 0.0262. The summed E-state index contributed by atoms with van der Waals surface area (Å²) in [5, 5.41) is 7.09. The first-order valence-corrected chi connectivity index (χ1v) is 9.43. The summed E-state index contributed by atoms with van der Waals surface area (Å²) in [4.78, 5) is 23.4. The number of nitrogens with one attached hydrogen (secondary N) is 1. The van der Waals surface area contributed by atoms with Crippen molar-refractivity contribution in [2.75, 3.05) is 24.7 Å². The standard InChI is InChI=1S/C19H19FN6O3/c1-11-10-29-15-9-26-16-14(7-23-26)18(27)21-3-2-4-28-19-12(5-13(20)6-22-19)8-25(11)17(15)24-16/h5-7,9,11H,2-4,8,10H2,1H3,(H,21,27)/t11-/m1/s1. The zero-order valence-corrected chi connectivity index (χ0v) is 15.8. The molecule has 5 rings (SSSR count). The lowest BCUT2D eigenvalue weighted by molar-refractivity contribution is 0.0953. The summed E-state index contributed by atoms with van der Waals surface area (Å²) in [6.07, 6.45) is 4.93. The van der Waals surface area contributed by atoms with Crippen LogP contribution in [0.5, 0.6) is 11.6 Å². The molecule has 3 aromatic rings. The molecule has 2 bridgehead atoms. The van der Waals surface area contributed by atoms with Gasteiger partial charge in [0.2, 0.25) is 5.88 Å². The number of pyridine rings is 1. The molecule has 10 heteroatoms. The van der Waals surface area contributed by atoms with Gasteiger partial charge in [-0.1, -0.05) is 0 Å². The van der Waals surface area contributed by atoms with Crippen LogP contribution in [0.3, 0.4) is 0 Å².